The lowest BCUT2D eigenvalue weighted by Crippen LogP contribution is -2.47. The molecule has 0 bridgehead atoms. The lowest BCUT2D eigenvalue weighted by Gasteiger charge is -2.22. The van der Waals surface area contributed by atoms with Gasteiger partial charge in [0.25, 0.3) is 5.91 Å². The molecule has 0 unspecified atom stereocenters. The summed E-state index contributed by atoms with van der Waals surface area (Å²) >= 11 is 0. The lowest BCUT2D eigenvalue weighted by atomic mass is 10.0. The fourth-order valence-electron chi connectivity index (χ4n) is 2.46. The summed E-state index contributed by atoms with van der Waals surface area (Å²) in [6, 6.07) is 7.53. The first-order valence-corrected chi connectivity index (χ1v) is 8.30. The molecule has 1 heterocycles. The van der Waals surface area contributed by atoms with Crippen LogP contribution in [0, 0.1) is 12.8 Å². The minimum Gasteiger partial charge on any atom is -0.340 e. The third-order valence-corrected chi connectivity index (χ3v) is 3.96. The summed E-state index contributed by atoms with van der Waals surface area (Å²) in [5.74, 6) is -1.59. The zero-order valence-corrected chi connectivity index (χ0v) is 15.1. The number of benzene rings is 1. The largest absolute Gasteiger partial charge is 0.416 e. The van der Waals surface area contributed by atoms with Crippen LogP contribution in [0.15, 0.2) is 42.6 Å². The molecule has 0 saturated carbocycles. The van der Waals surface area contributed by atoms with E-state index in [4.69, 9.17) is 0 Å². The normalized spacial score (nSPS) is 12.6. The van der Waals surface area contributed by atoms with Gasteiger partial charge in [-0.25, -0.2) is 4.98 Å². The second-order valence-electron chi connectivity index (χ2n) is 6.43. The Kier molecular flexibility index (Phi) is 6.20. The van der Waals surface area contributed by atoms with Gasteiger partial charge in [-0.3, -0.25) is 9.59 Å². The first-order chi connectivity index (χ1) is 12.6. The van der Waals surface area contributed by atoms with Crippen LogP contribution in [-0.2, 0) is 11.0 Å². The highest BCUT2D eigenvalue weighted by Crippen LogP contribution is 2.29. The van der Waals surface area contributed by atoms with Crippen LogP contribution in [0.25, 0.3) is 0 Å². The zero-order valence-electron chi connectivity index (χ0n) is 15.1. The van der Waals surface area contributed by atoms with Crippen molar-refractivity contribution in [2.24, 2.45) is 5.92 Å². The van der Waals surface area contributed by atoms with Gasteiger partial charge in [0.15, 0.2) is 0 Å². The van der Waals surface area contributed by atoms with Crippen molar-refractivity contribution in [3.05, 3.63) is 59.3 Å². The average Bonchev–Trinajstić information content (AvgIpc) is 2.59. The average molecular weight is 379 g/mol. The molecule has 1 atom stereocenters. The number of aromatic nitrogens is 1. The van der Waals surface area contributed by atoms with Gasteiger partial charge in [-0.2, -0.15) is 13.2 Å². The smallest absolute Gasteiger partial charge is 0.340 e. The van der Waals surface area contributed by atoms with E-state index >= 15 is 0 Å². The number of pyridine rings is 1. The van der Waals surface area contributed by atoms with E-state index in [1.807, 2.05) is 0 Å². The summed E-state index contributed by atoms with van der Waals surface area (Å²) in [4.78, 5) is 28.7. The van der Waals surface area contributed by atoms with Gasteiger partial charge < -0.3 is 10.6 Å². The number of hydrogen-bond acceptors (Lipinski definition) is 3. The van der Waals surface area contributed by atoms with Crippen LogP contribution in [0.3, 0.4) is 0 Å². The minimum atomic E-state index is -4.54. The van der Waals surface area contributed by atoms with Crippen molar-refractivity contribution in [1.82, 2.24) is 10.3 Å². The maximum Gasteiger partial charge on any atom is 0.416 e. The Morgan fingerprint density at radius 2 is 1.78 bits per heavy atom. The Morgan fingerprint density at radius 3 is 2.37 bits per heavy atom. The first kappa shape index (κ1) is 20.4. The van der Waals surface area contributed by atoms with Crippen LogP contribution in [0.5, 0.6) is 0 Å². The Morgan fingerprint density at radius 1 is 1.11 bits per heavy atom. The highest BCUT2D eigenvalue weighted by molar-refractivity contribution is 6.01. The van der Waals surface area contributed by atoms with Gasteiger partial charge in [-0.05, 0) is 36.6 Å². The third kappa shape index (κ3) is 5.29. The van der Waals surface area contributed by atoms with Crippen LogP contribution < -0.4 is 10.6 Å². The molecule has 0 spiro atoms. The first-order valence-electron chi connectivity index (χ1n) is 8.30. The zero-order chi connectivity index (χ0) is 20.2. The van der Waals surface area contributed by atoms with Gasteiger partial charge in [0.05, 0.1) is 5.56 Å². The molecule has 8 heteroatoms. The molecular formula is C19H20F3N3O2. The van der Waals surface area contributed by atoms with Crippen LogP contribution in [0.4, 0.5) is 19.0 Å². The molecule has 2 aromatic rings. The summed E-state index contributed by atoms with van der Waals surface area (Å²) in [6.45, 7) is 5.22. The number of halogens is 3. The van der Waals surface area contributed by atoms with Crippen molar-refractivity contribution in [2.75, 3.05) is 5.32 Å². The van der Waals surface area contributed by atoms with Crippen LogP contribution in [0.1, 0.15) is 35.3 Å². The van der Waals surface area contributed by atoms with E-state index < -0.39 is 29.6 Å². The van der Waals surface area contributed by atoms with E-state index in [0.717, 1.165) is 23.9 Å². The lowest BCUT2D eigenvalue weighted by molar-refractivity contribution is -0.137. The molecule has 1 aromatic heterocycles. The van der Waals surface area contributed by atoms with Crippen molar-refractivity contribution in [2.45, 2.75) is 33.0 Å². The fraction of sp³-hybridized carbons (Fsp3) is 0.316. The van der Waals surface area contributed by atoms with Crippen molar-refractivity contribution in [3.8, 4) is 0 Å². The molecular weight excluding hydrogens is 359 g/mol. The van der Waals surface area contributed by atoms with E-state index in [-0.39, 0.29) is 11.7 Å². The molecule has 27 heavy (non-hydrogen) atoms. The molecule has 144 valence electrons. The molecule has 0 radical (unpaired) electrons. The summed E-state index contributed by atoms with van der Waals surface area (Å²) in [5.41, 5.74) is 0.253. The molecule has 0 fully saturated rings. The number of aryl methyl sites for hydroxylation is 1. The molecule has 0 saturated heterocycles. The maximum absolute atomic E-state index is 12.8. The fourth-order valence-corrected chi connectivity index (χ4v) is 2.46. The molecule has 0 aliphatic heterocycles. The molecule has 1 aromatic carbocycles. The summed E-state index contributed by atoms with van der Waals surface area (Å²) in [6.07, 6.45) is -3.58. The third-order valence-electron chi connectivity index (χ3n) is 3.96. The number of alkyl halides is 3. The second kappa shape index (κ2) is 8.20. The Bertz CT molecular complexity index is 835. The van der Waals surface area contributed by atoms with E-state index in [0.29, 0.717) is 5.56 Å². The molecule has 2 amide bonds. The highest BCUT2D eigenvalue weighted by Gasteiger charge is 2.31. The molecule has 2 N–H and O–H groups in total. The van der Waals surface area contributed by atoms with E-state index in [2.05, 4.69) is 15.6 Å². The van der Waals surface area contributed by atoms with Gasteiger partial charge in [-0.15, -0.1) is 0 Å². The minimum absolute atomic E-state index is 0.231. The monoisotopic (exact) mass is 379 g/mol. The molecule has 5 nitrogen and oxygen atoms in total. The summed E-state index contributed by atoms with van der Waals surface area (Å²) in [7, 11) is 0. The SMILES string of the molecule is Cc1ccccc1C(=O)N[C@@H](C(=O)Nc1cc(C(F)(F)F)ccn1)C(C)C. The molecule has 2 rings (SSSR count). The van der Waals surface area contributed by atoms with E-state index in [1.54, 1.807) is 45.0 Å². The standard InChI is InChI=1S/C19H20F3N3O2/c1-11(2)16(25-17(26)14-7-5-4-6-12(14)3)18(27)24-15-10-13(8-9-23-15)19(20,21)22/h4-11,16H,1-3H3,(H,25,26)(H,23,24,27)/t16-/m1/s1. The highest BCUT2D eigenvalue weighted by atomic mass is 19.4. The number of rotatable bonds is 5. The van der Waals surface area contributed by atoms with E-state index in [9.17, 15) is 22.8 Å². The van der Waals surface area contributed by atoms with Gasteiger partial charge in [0, 0.05) is 11.8 Å². The topological polar surface area (TPSA) is 71.1 Å². The molecule has 0 aliphatic carbocycles. The number of carbonyl (C=O) groups excluding carboxylic acids is 2. The van der Waals surface area contributed by atoms with Crippen molar-refractivity contribution in [1.29, 1.82) is 0 Å². The van der Waals surface area contributed by atoms with Crippen LogP contribution >= 0.6 is 0 Å². The number of anilines is 1. The Hall–Kier alpha value is -2.90. The second-order valence-corrected chi connectivity index (χ2v) is 6.43. The van der Waals surface area contributed by atoms with Crippen LogP contribution in [0.2, 0.25) is 0 Å². The van der Waals surface area contributed by atoms with Gasteiger partial charge in [0.1, 0.15) is 11.9 Å². The number of nitrogens with one attached hydrogen (secondary N) is 2. The summed E-state index contributed by atoms with van der Waals surface area (Å²) in [5, 5.41) is 4.98. The quantitative estimate of drug-likeness (QED) is 0.830. The van der Waals surface area contributed by atoms with Gasteiger partial charge >= 0.3 is 6.18 Å². The van der Waals surface area contributed by atoms with Crippen LogP contribution in [-0.4, -0.2) is 22.8 Å². The van der Waals surface area contributed by atoms with E-state index in [1.165, 1.54) is 0 Å². The Balaban J connectivity index is 2.16. The number of carbonyl (C=O) groups is 2. The summed E-state index contributed by atoms with van der Waals surface area (Å²) < 4.78 is 38.4. The number of hydrogen-bond donors (Lipinski definition) is 2. The maximum atomic E-state index is 12.8. The molecule has 0 aliphatic rings. The van der Waals surface area contributed by atoms with Gasteiger partial charge in [0.2, 0.25) is 5.91 Å². The predicted octanol–water partition coefficient (Wildman–Crippen LogP) is 3.80. The number of amides is 2. The van der Waals surface area contributed by atoms with Crippen molar-refractivity contribution >= 4 is 17.6 Å². The number of nitrogens with zero attached hydrogens (tertiary/aromatic N) is 1. The van der Waals surface area contributed by atoms with Gasteiger partial charge in [-0.1, -0.05) is 32.0 Å². The Labute approximate surface area is 155 Å². The van der Waals surface area contributed by atoms with Crippen molar-refractivity contribution < 1.29 is 22.8 Å². The predicted molar refractivity (Wildman–Crippen MR) is 95.1 cm³/mol. The van der Waals surface area contributed by atoms with Crippen molar-refractivity contribution in [3.63, 3.8) is 0 Å².